The number of hydrogen-bond acceptors (Lipinski definition) is 3. The van der Waals surface area contributed by atoms with Gasteiger partial charge in [0.05, 0.1) is 6.61 Å². The van der Waals surface area contributed by atoms with Gasteiger partial charge in [-0.2, -0.15) is 0 Å². The van der Waals surface area contributed by atoms with E-state index in [9.17, 15) is 4.79 Å². The fourth-order valence-corrected chi connectivity index (χ4v) is 2.30. The van der Waals surface area contributed by atoms with Crippen molar-refractivity contribution in [2.24, 2.45) is 5.92 Å². The normalized spacial score (nSPS) is 25.6. The topological polar surface area (TPSA) is 41.6 Å². The van der Waals surface area contributed by atoms with Crippen molar-refractivity contribution in [1.82, 2.24) is 10.2 Å². The Kier molecular flexibility index (Phi) is 5.60. The SMILES string of the molecule is CCNC1CC(CC)CN(C(=O)OCC)C1. The standard InChI is InChI=1S/C12H24N2O2/c1-4-10-7-11(13-5-2)9-14(8-10)12(15)16-6-3/h10-11,13H,4-9H2,1-3H3. The second-order valence-electron chi connectivity index (χ2n) is 4.37. The third-order valence-corrected chi connectivity index (χ3v) is 3.13. The second-order valence-corrected chi connectivity index (χ2v) is 4.37. The van der Waals surface area contributed by atoms with E-state index >= 15 is 0 Å². The molecular weight excluding hydrogens is 204 g/mol. The number of piperidine rings is 1. The van der Waals surface area contributed by atoms with Crippen LogP contribution in [0.15, 0.2) is 0 Å². The monoisotopic (exact) mass is 228 g/mol. The Morgan fingerprint density at radius 2 is 2.12 bits per heavy atom. The number of ether oxygens (including phenoxy) is 1. The summed E-state index contributed by atoms with van der Waals surface area (Å²) in [6, 6.07) is 0.424. The van der Waals surface area contributed by atoms with Crippen LogP contribution in [0.2, 0.25) is 0 Å². The Morgan fingerprint density at radius 3 is 2.69 bits per heavy atom. The van der Waals surface area contributed by atoms with Gasteiger partial charge < -0.3 is 15.0 Å². The van der Waals surface area contributed by atoms with Gasteiger partial charge in [-0.1, -0.05) is 20.3 Å². The van der Waals surface area contributed by atoms with Crippen LogP contribution in [-0.2, 0) is 4.74 Å². The van der Waals surface area contributed by atoms with Gasteiger partial charge in [0.1, 0.15) is 0 Å². The molecule has 94 valence electrons. The van der Waals surface area contributed by atoms with Gasteiger partial charge in [-0.05, 0) is 25.8 Å². The van der Waals surface area contributed by atoms with Gasteiger partial charge in [-0.15, -0.1) is 0 Å². The van der Waals surface area contributed by atoms with Crippen LogP contribution in [0.1, 0.15) is 33.6 Å². The van der Waals surface area contributed by atoms with Crippen molar-refractivity contribution in [3.05, 3.63) is 0 Å². The zero-order valence-corrected chi connectivity index (χ0v) is 10.7. The predicted molar refractivity (Wildman–Crippen MR) is 64.5 cm³/mol. The molecule has 1 saturated heterocycles. The van der Waals surface area contributed by atoms with Gasteiger partial charge in [-0.25, -0.2) is 4.79 Å². The van der Waals surface area contributed by atoms with E-state index < -0.39 is 0 Å². The lowest BCUT2D eigenvalue weighted by molar-refractivity contribution is 0.0784. The molecule has 1 aliphatic heterocycles. The summed E-state index contributed by atoms with van der Waals surface area (Å²) in [7, 11) is 0. The second kappa shape index (κ2) is 6.74. The summed E-state index contributed by atoms with van der Waals surface area (Å²) in [6.07, 6.45) is 2.13. The molecule has 0 bridgehead atoms. The Labute approximate surface area is 98.3 Å². The molecule has 1 rings (SSSR count). The van der Waals surface area contributed by atoms with Gasteiger partial charge in [-0.3, -0.25) is 0 Å². The molecule has 1 aliphatic rings. The molecule has 2 atom stereocenters. The molecule has 0 spiro atoms. The number of rotatable bonds is 4. The van der Waals surface area contributed by atoms with Gasteiger partial charge in [0.25, 0.3) is 0 Å². The lowest BCUT2D eigenvalue weighted by Crippen LogP contribution is -2.51. The maximum Gasteiger partial charge on any atom is 0.409 e. The molecule has 0 saturated carbocycles. The molecular formula is C12H24N2O2. The smallest absolute Gasteiger partial charge is 0.409 e. The molecule has 0 aromatic heterocycles. The zero-order chi connectivity index (χ0) is 12.0. The first-order valence-electron chi connectivity index (χ1n) is 6.36. The highest BCUT2D eigenvalue weighted by Gasteiger charge is 2.29. The van der Waals surface area contributed by atoms with Crippen LogP contribution in [0, 0.1) is 5.92 Å². The fraction of sp³-hybridized carbons (Fsp3) is 0.917. The van der Waals surface area contributed by atoms with E-state index in [0.29, 0.717) is 18.6 Å². The molecule has 4 nitrogen and oxygen atoms in total. The molecule has 1 N–H and O–H groups in total. The van der Waals surface area contributed by atoms with Crippen molar-refractivity contribution in [2.75, 3.05) is 26.2 Å². The Morgan fingerprint density at radius 1 is 1.38 bits per heavy atom. The third-order valence-electron chi connectivity index (χ3n) is 3.13. The van der Waals surface area contributed by atoms with Gasteiger partial charge in [0, 0.05) is 19.1 Å². The third kappa shape index (κ3) is 3.67. The number of nitrogens with one attached hydrogen (secondary N) is 1. The number of carbonyl (C=O) groups is 1. The summed E-state index contributed by atoms with van der Waals surface area (Å²) in [6.45, 7) is 9.17. The largest absolute Gasteiger partial charge is 0.450 e. The highest BCUT2D eigenvalue weighted by atomic mass is 16.6. The first kappa shape index (κ1) is 13.3. The van der Waals surface area contributed by atoms with Gasteiger partial charge >= 0.3 is 6.09 Å². The molecule has 1 amide bonds. The summed E-state index contributed by atoms with van der Waals surface area (Å²) in [5, 5.41) is 3.43. The summed E-state index contributed by atoms with van der Waals surface area (Å²) in [5.74, 6) is 0.599. The van der Waals surface area contributed by atoms with E-state index in [0.717, 1.165) is 26.1 Å². The van der Waals surface area contributed by atoms with E-state index in [4.69, 9.17) is 4.74 Å². The minimum atomic E-state index is -0.163. The van der Waals surface area contributed by atoms with E-state index in [1.165, 1.54) is 6.42 Å². The summed E-state index contributed by atoms with van der Waals surface area (Å²) in [4.78, 5) is 13.5. The maximum atomic E-state index is 11.7. The van der Waals surface area contributed by atoms with E-state index in [1.54, 1.807) is 0 Å². The highest BCUT2D eigenvalue weighted by Crippen LogP contribution is 2.20. The van der Waals surface area contributed by atoms with Crippen LogP contribution < -0.4 is 5.32 Å². The zero-order valence-electron chi connectivity index (χ0n) is 10.7. The average molecular weight is 228 g/mol. The number of nitrogens with zero attached hydrogens (tertiary/aromatic N) is 1. The van der Waals surface area contributed by atoms with Crippen LogP contribution in [0.3, 0.4) is 0 Å². The number of hydrogen-bond donors (Lipinski definition) is 1. The van der Waals surface area contributed by atoms with Crippen LogP contribution >= 0.6 is 0 Å². The lowest BCUT2D eigenvalue weighted by atomic mass is 9.92. The molecule has 1 fully saturated rings. The van der Waals surface area contributed by atoms with Crippen molar-refractivity contribution < 1.29 is 9.53 Å². The molecule has 16 heavy (non-hydrogen) atoms. The van der Waals surface area contributed by atoms with Crippen molar-refractivity contribution in [3.63, 3.8) is 0 Å². The first-order chi connectivity index (χ1) is 7.71. The Balaban J connectivity index is 2.53. The quantitative estimate of drug-likeness (QED) is 0.798. The van der Waals surface area contributed by atoms with Crippen LogP contribution in [0.25, 0.3) is 0 Å². The molecule has 0 radical (unpaired) electrons. The molecule has 0 aliphatic carbocycles. The Bertz CT molecular complexity index is 221. The minimum Gasteiger partial charge on any atom is -0.450 e. The molecule has 0 aromatic rings. The Hall–Kier alpha value is -0.770. The van der Waals surface area contributed by atoms with Gasteiger partial charge in [0.15, 0.2) is 0 Å². The lowest BCUT2D eigenvalue weighted by Gasteiger charge is -2.37. The maximum absolute atomic E-state index is 11.7. The molecule has 0 aromatic carbocycles. The number of likely N-dealkylation sites (tertiary alicyclic amines) is 1. The fourth-order valence-electron chi connectivity index (χ4n) is 2.30. The van der Waals surface area contributed by atoms with Crippen molar-refractivity contribution in [3.8, 4) is 0 Å². The molecule has 2 unspecified atom stereocenters. The van der Waals surface area contributed by atoms with Crippen LogP contribution in [0.4, 0.5) is 4.79 Å². The summed E-state index contributed by atoms with van der Waals surface area (Å²) < 4.78 is 5.06. The van der Waals surface area contributed by atoms with E-state index in [1.807, 2.05) is 11.8 Å². The average Bonchev–Trinajstić information content (AvgIpc) is 2.29. The summed E-state index contributed by atoms with van der Waals surface area (Å²) in [5.41, 5.74) is 0. The van der Waals surface area contributed by atoms with Crippen LogP contribution in [-0.4, -0.2) is 43.3 Å². The number of likely N-dealkylation sites (N-methyl/N-ethyl adjacent to an activating group) is 1. The molecule has 4 heteroatoms. The number of carbonyl (C=O) groups excluding carboxylic acids is 1. The predicted octanol–water partition coefficient (Wildman–Crippen LogP) is 1.85. The number of amides is 1. The van der Waals surface area contributed by atoms with Crippen molar-refractivity contribution >= 4 is 6.09 Å². The van der Waals surface area contributed by atoms with Crippen molar-refractivity contribution in [1.29, 1.82) is 0 Å². The van der Waals surface area contributed by atoms with Crippen molar-refractivity contribution in [2.45, 2.75) is 39.7 Å². The van der Waals surface area contributed by atoms with Crippen LogP contribution in [0.5, 0.6) is 0 Å². The minimum absolute atomic E-state index is 0.163. The van der Waals surface area contributed by atoms with E-state index in [-0.39, 0.29) is 6.09 Å². The highest BCUT2D eigenvalue weighted by molar-refractivity contribution is 5.67. The summed E-state index contributed by atoms with van der Waals surface area (Å²) >= 11 is 0. The van der Waals surface area contributed by atoms with Gasteiger partial charge in [0.2, 0.25) is 0 Å². The first-order valence-corrected chi connectivity index (χ1v) is 6.36. The van der Waals surface area contributed by atoms with E-state index in [2.05, 4.69) is 19.2 Å². The molecule has 1 heterocycles.